The number of carbonyl (C=O) groups is 2. The molecule has 6 nitrogen and oxygen atoms in total. The second kappa shape index (κ2) is 4.64. The molecule has 2 N–H and O–H groups in total. The topological polar surface area (TPSA) is 90.5 Å². The van der Waals surface area contributed by atoms with Crippen LogP contribution < -0.4 is 5.43 Å². The number of amides is 1. The summed E-state index contributed by atoms with van der Waals surface area (Å²) in [5, 5.41) is 9.00. The molecule has 0 radical (unpaired) electrons. The van der Waals surface area contributed by atoms with E-state index in [1.165, 1.54) is 23.4 Å². The number of hydrogen-bond acceptors (Lipinski definition) is 3. The molecular formula is C12H14N2O4. The summed E-state index contributed by atoms with van der Waals surface area (Å²) in [7, 11) is 0. The molecule has 1 amide bonds. The first kappa shape index (κ1) is 12.3. The molecule has 96 valence electrons. The van der Waals surface area contributed by atoms with E-state index in [-0.39, 0.29) is 11.0 Å². The molecule has 1 aliphatic heterocycles. The molecule has 0 aliphatic carbocycles. The lowest BCUT2D eigenvalue weighted by molar-refractivity contribution is -0.142. The van der Waals surface area contributed by atoms with Crippen LogP contribution in [-0.4, -0.2) is 39.5 Å². The number of nitrogens with zero attached hydrogens (tertiary/aromatic N) is 1. The number of carbonyl (C=O) groups excluding carboxylic acids is 1. The van der Waals surface area contributed by atoms with Crippen LogP contribution in [0, 0.1) is 5.92 Å². The first-order valence-corrected chi connectivity index (χ1v) is 5.73. The van der Waals surface area contributed by atoms with Crippen molar-refractivity contribution in [3.05, 3.63) is 34.2 Å². The number of aromatic amines is 1. The molecule has 2 unspecified atom stereocenters. The minimum atomic E-state index is -0.903. The normalized spacial score (nSPS) is 23.1. The highest BCUT2D eigenvalue weighted by Gasteiger charge is 2.38. The van der Waals surface area contributed by atoms with Crippen LogP contribution in [0.3, 0.4) is 0 Å². The Morgan fingerprint density at radius 1 is 1.50 bits per heavy atom. The Kier molecular flexibility index (Phi) is 3.18. The SMILES string of the molecule is CC1C(C(=O)O)CCN1C(=O)c1c[nH]ccc1=O. The Bertz CT molecular complexity index is 537. The summed E-state index contributed by atoms with van der Waals surface area (Å²) in [6.07, 6.45) is 3.23. The van der Waals surface area contributed by atoms with E-state index in [9.17, 15) is 14.4 Å². The highest BCUT2D eigenvalue weighted by molar-refractivity contribution is 5.94. The second-order valence-electron chi connectivity index (χ2n) is 4.39. The van der Waals surface area contributed by atoms with Crippen molar-refractivity contribution in [2.45, 2.75) is 19.4 Å². The predicted molar refractivity (Wildman–Crippen MR) is 63.3 cm³/mol. The number of likely N-dealkylation sites (tertiary alicyclic amines) is 1. The van der Waals surface area contributed by atoms with Crippen molar-refractivity contribution >= 4 is 11.9 Å². The molecule has 1 fully saturated rings. The molecule has 2 rings (SSSR count). The van der Waals surface area contributed by atoms with Crippen molar-refractivity contribution in [2.24, 2.45) is 5.92 Å². The molecule has 1 aromatic rings. The number of carboxylic acid groups (broad SMARTS) is 1. The average molecular weight is 250 g/mol. The summed E-state index contributed by atoms with van der Waals surface area (Å²) < 4.78 is 0. The summed E-state index contributed by atoms with van der Waals surface area (Å²) in [6, 6.07) is 0.887. The molecule has 2 atom stereocenters. The third-order valence-electron chi connectivity index (χ3n) is 3.39. The fourth-order valence-corrected chi connectivity index (χ4v) is 2.29. The third kappa shape index (κ3) is 2.01. The maximum absolute atomic E-state index is 12.2. The van der Waals surface area contributed by atoms with E-state index in [1.807, 2.05) is 0 Å². The van der Waals surface area contributed by atoms with Gasteiger partial charge in [-0.3, -0.25) is 14.4 Å². The first-order valence-electron chi connectivity index (χ1n) is 5.73. The van der Waals surface area contributed by atoms with Gasteiger partial charge in [-0.05, 0) is 13.3 Å². The van der Waals surface area contributed by atoms with Gasteiger partial charge in [0.15, 0.2) is 5.43 Å². The van der Waals surface area contributed by atoms with Crippen LogP contribution in [0.2, 0.25) is 0 Å². The maximum Gasteiger partial charge on any atom is 0.308 e. The van der Waals surface area contributed by atoms with Gasteiger partial charge in [0, 0.05) is 31.0 Å². The number of aliphatic carboxylic acids is 1. The van der Waals surface area contributed by atoms with Gasteiger partial charge < -0.3 is 15.0 Å². The number of hydrogen-bond donors (Lipinski definition) is 2. The molecule has 0 saturated carbocycles. The molecule has 1 aromatic heterocycles. The van der Waals surface area contributed by atoms with Crippen LogP contribution in [-0.2, 0) is 4.79 Å². The van der Waals surface area contributed by atoms with Crippen LogP contribution in [0.25, 0.3) is 0 Å². The Morgan fingerprint density at radius 2 is 2.22 bits per heavy atom. The van der Waals surface area contributed by atoms with Crippen LogP contribution in [0.1, 0.15) is 23.7 Å². The van der Waals surface area contributed by atoms with E-state index in [1.54, 1.807) is 6.92 Å². The summed E-state index contributed by atoms with van der Waals surface area (Å²) in [5.74, 6) is -1.87. The molecule has 18 heavy (non-hydrogen) atoms. The van der Waals surface area contributed by atoms with Gasteiger partial charge in [0.1, 0.15) is 5.56 Å². The van der Waals surface area contributed by atoms with Gasteiger partial charge in [-0.2, -0.15) is 0 Å². The monoisotopic (exact) mass is 250 g/mol. The zero-order valence-electron chi connectivity index (χ0n) is 9.92. The minimum absolute atomic E-state index is 0.0513. The molecule has 1 saturated heterocycles. The third-order valence-corrected chi connectivity index (χ3v) is 3.39. The summed E-state index contributed by atoms with van der Waals surface area (Å²) in [4.78, 5) is 38.8. The molecule has 0 aromatic carbocycles. The number of aromatic nitrogens is 1. The van der Waals surface area contributed by atoms with Gasteiger partial charge in [-0.25, -0.2) is 0 Å². The van der Waals surface area contributed by atoms with Crippen molar-refractivity contribution in [1.29, 1.82) is 0 Å². The second-order valence-corrected chi connectivity index (χ2v) is 4.39. The van der Waals surface area contributed by atoms with Gasteiger partial charge in [-0.1, -0.05) is 0 Å². The van der Waals surface area contributed by atoms with Crippen molar-refractivity contribution in [1.82, 2.24) is 9.88 Å². The molecule has 0 spiro atoms. The lowest BCUT2D eigenvalue weighted by Crippen LogP contribution is -2.39. The van der Waals surface area contributed by atoms with Gasteiger partial charge in [-0.15, -0.1) is 0 Å². The van der Waals surface area contributed by atoms with E-state index in [0.29, 0.717) is 13.0 Å². The smallest absolute Gasteiger partial charge is 0.308 e. The molecule has 1 aliphatic rings. The van der Waals surface area contributed by atoms with Crippen LogP contribution in [0.15, 0.2) is 23.3 Å². The first-order chi connectivity index (χ1) is 8.52. The van der Waals surface area contributed by atoms with Crippen LogP contribution in [0.5, 0.6) is 0 Å². The van der Waals surface area contributed by atoms with E-state index >= 15 is 0 Å². The van der Waals surface area contributed by atoms with Crippen molar-refractivity contribution < 1.29 is 14.7 Å². The number of rotatable bonds is 2. The quantitative estimate of drug-likeness (QED) is 0.790. The van der Waals surface area contributed by atoms with Gasteiger partial charge >= 0.3 is 5.97 Å². The van der Waals surface area contributed by atoms with E-state index in [2.05, 4.69) is 4.98 Å². The van der Waals surface area contributed by atoms with Crippen molar-refractivity contribution in [3.8, 4) is 0 Å². The zero-order chi connectivity index (χ0) is 13.3. The fraction of sp³-hybridized carbons (Fsp3) is 0.417. The Morgan fingerprint density at radius 3 is 2.78 bits per heavy atom. The highest BCUT2D eigenvalue weighted by atomic mass is 16.4. The van der Waals surface area contributed by atoms with Crippen molar-refractivity contribution in [2.75, 3.05) is 6.54 Å². The maximum atomic E-state index is 12.2. The summed E-state index contributed by atoms with van der Waals surface area (Å²) in [6.45, 7) is 2.06. The Balaban J connectivity index is 2.24. The lowest BCUT2D eigenvalue weighted by atomic mass is 10.0. The fourth-order valence-electron chi connectivity index (χ4n) is 2.29. The molecule has 0 bridgehead atoms. The number of pyridine rings is 1. The van der Waals surface area contributed by atoms with Crippen molar-refractivity contribution in [3.63, 3.8) is 0 Å². The largest absolute Gasteiger partial charge is 0.481 e. The van der Waals surface area contributed by atoms with E-state index in [0.717, 1.165) is 0 Å². The van der Waals surface area contributed by atoms with Crippen LogP contribution in [0.4, 0.5) is 0 Å². The number of nitrogens with one attached hydrogen (secondary N) is 1. The minimum Gasteiger partial charge on any atom is -0.481 e. The molecule has 6 heteroatoms. The van der Waals surface area contributed by atoms with Gasteiger partial charge in [0.2, 0.25) is 0 Å². The van der Waals surface area contributed by atoms with Gasteiger partial charge in [0.05, 0.1) is 5.92 Å². The van der Waals surface area contributed by atoms with Crippen LogP contribution >= 0.6 is 0 Å². The zero-order valence-corrected chi connectivity index (χ0v) is 9.92. The summed E-state index contributed by atoms with van der Waals surface area (Å²) >= 11 is 0. The Hall–Kier alpha value is -2.11. The van der Waals surface area contributed by atoms with E-state index in [4.69, 9.17) is 5.11 Å². The average Bonchev–Trinajstić information content (AvgIpc) is 2.71. The highest BCUT2D eigenvalue weighted by Crippen LogP contribution is 2.25. The van der Waals surface area contributed by atoms with E-state index < -0.39 is 23.8 Å². The Labute approximate surface area is 103 Å². The standard InChI is InChI=1S/C12H14N2O4/c1-7-8(12(17)18)3-5-14(7)11(16)9-6-13-4-2-10(9)15/h2,4,6-8H,3,5H2,1H3,(H,13,15)(H,17,18). The van der Waals surface area contributed by atoms with Gasteiger partial charge in [0.25, 0.3) is 5.91 Å². The predicted octanol–water partition coefficient (Wildman–Crippen LogP) is 0.310. The molecular weight excluding hydrogens is 236 g/mol. The number of carboxylic acids is 1. The lowest BCUT2D eigenvalue weighted by Gasteiger charge is -2.22. The summed E-state index contributed by atoms with van der Waals surface area (Å²) in [5.41, 5.74) is -0.305. The molecule has 2 heterocycles. The number of H-pyrrole nitrogens is 1.